The lowest BCUT2D eigenvalue weighted by Gasteiger charge is -1.67. The molecule has 1 nitrogen and oxygen atoms in total. The summed E-state index contributed by atoms with van der Waals surface area (Å²) in [4.78, 5) is 0. The molecule has 0 aromatic rings. The van der Waals surface area contributed by atoms with Crippen LogP contribution in [0, 0.1) is 11.3 Å². The molecule has 0 saturated heterocycles. The lowest BCUT2D eigenvalue weighted by molar-refractivity contribution is 1.16. The first-order valence-corrected chi connectivity index (χ1v) is 1.67. The maximum atomic E-state index is 3.58. The molecule has 0 fully saturated rings. The van der Waals surface area contributed by atoms with Crippen molar-refractivity contribution in [2.45, 2.75) is 0 Å². The van der Waals surface area contributed by atoms with Crippen LogP contribution in [0.2, 0.25) is 0 Å². The van der Waals surface area contributed by atoms with Crippen molar-refractivity contribution in [3.05, 3.63) is 0 Å². The summed E-state index contributed by atoms with van der Waals surface area (Å²) in [5.41, 5.74) is 0. The second-order valence-electron chi connectivity index (χ2n) is 0.487. The first kappa shape index (κ1) is 9.38. The third-order valence-electron chi connectivity index (χ3n) is 0.181. The summed E-state index contributed by atoms with van der Waals surface area (Å²) in [7, 11) is 1.74. The van der Waals surface area contributed by atoms with Gasteiger partial charge in [-0.05, 0) is 5.25 Å². The summed E-state index contributed by atoms with van der Waals surface area (Å²) >= 11 is 3.58. The Bertz CT molecular complexity index is 62.9. The van der Waals surface area contributed by atoms with Gasteiger partial charge in [-0.25, -0.2) is 0 Å². The molecule has 0 spiro atoms. The van der Waals surface area contributed by atoms with Crippen LogP contribution in [0.25, 0.3) is 0 Å². The van der Waals surface area contributed by atoms with Crippen molar-refractivity contribution in [2.75, 3.05) is 7.05 Å². The normalized spacial score (nSPS) is 3.67. The Morgan fingerprint density at radius 1 is 1.67 bits per heavy atom. The van der Waals surface area contributed by atoms with E-state index in [1.807, 2.05) is 0 Å². The average Bonchev–Trinajstić information content (AvgIpc) is 1.41. The minimum Gasteiger partial charge on any atom is -0.348 e. The van der Waals surface area contributed by atoms with Crippen LogP contribution in [-0.2, 0) is 0 Å². The molecule has 0 aromatic heterocycles. The second-order valence-corrected chi connectivity index (χ2v) is 0.710. The zero-order valence-corrected chi connectivity index (χ0v) is 5.07. The molecule has 3 heteroatoms. The van der Waals surface area contributed by atoms with Crippen LogP contribution < -0.4 is 5.32 Å². The second kappa shape index (κ2) is 8.89. The van der Waals surface area contributed by atoms with Crippen LogP contribution in [0.4, 0.5) is 0 Å². The maximum Gasteiger partial charge on any atom is 0.0160 e. The fourth-order valence-corrected chi connectivity index (χ4v) is 0.168. The van der Waals surface area contributed by atoms with E-state index in [0.717, 1.165) is 0 Å². The zero-order chi connectivity index (χ0) is 4.12. The topological polar surface area (TPSA) is 12.0 Å². The molecule has 0 unspecified atom stereocenters. The molecule has 1 N–H and O–H groups in total. The van der Waals surface area contributed by atoms with Crippen LogP contribution in [0.5, 0.6) is 0 Å². The van der Waals surface area contributed by atoms with Crippen molar-refractivity contribution in [1.82, 2.24) is 5.32 Å². The highest BCUT2D eigenvalue weighted by Crippen LogP contribution is 1.52. The Labute approximate surface area is 49.3 Å². The van der Waals surface area contributed by atoms with Gasteiger partial charge >= 0.3 is 0 Å². The molecule has 0 bridgehead atoms. The van der Waals surface area contributed by atoms with Gasteiger partial charge in [0.2, 0.25) is 0 Å². The summed E-state index contributed by atoms with van der Waals surface area (Å²) in [6.45, 7) is 0. The zero-order valence-electron chi connectivity index (χ0n) is 3.36. The standard InChI is InChI=1S/C3H5NS.ClH/c1-4-2-3-5;/h4-5H,1H3;1H. The molecule has 0 aliphatic heterocycles. The summed E-state index contributed by atoms with van der Waals surface area (Å²) < 4.78 is 0. The highest BCUT2D eigenvalue weighted by molar-refractivity contribution is 7.85. The molecule has 6 heavy (non-hydrogen) atoms. The molecule has 0 aliphatic rings. The number of thiol groups is 1. The van der Waals surface area contributed by atoms with E-state index in [9.17, 15) is 0 Å². The minimum absolute atomic E-state index is 0. The molecular weight excluding hydrogens is 118 g/mol. The molecule has 0 aromatic carbocycles. The van der Waals surface area contributed by atoms with Gasteiger partial charge in [0.15, 0.2) is 0 Å². The van der Waals surface area contributed by atoms with Crippen LogP contribution in [-0.4, -0.2) is 7.05 Å². The van der Waals surface area contributed by atoms with Gasteiger partial charge in [-0.1, -0.05) is 12.6 Å². The Balaban J connectivity index is 0. The Morgan fingerprint density at radius 2 is 2.17 bits per heavy atom. The van der Waals surface area contributed by atoms with Crippen molar-refractivity contribution in [1.29, 1.82) is 0 Å². The van der Waals surface area contributed by atoms with Crippen molar-refractivity contribution >= 4 is 25.0 Å². The molecular formula is C3H6ClNS. The fourth-order valence-electron chi connectivity index (χ4n) is 0.0559. The summed E-state index contributed by atoms with van der Waals surface area (Å²) in [6, 6.07) is 2.48. The van der Waals surface area contributed by atoms with Crippen LogP contribution in [0.3, 0.4) is 0 Å². The predicted octanol–water partition coefficient (Wildman–Crippen LogP) is 0.476. The van der Waals surface area contributed by atoms with Crippen LogP contribution >= 0.6 is 25.0 Å². The van der Waals surface area contributed by atoms with Gasteiger partial charge in [-0.2, -0.15) is 0 Å². The third-order valence-corrected chi connectivity index (χ3v) is 0.293. The highest BCUT2D eigenvalue weighted by atomic mass is 35.5. The van der Waals surface area contributed by atoms with Gasteiger partial charge in [0.1, 0.15) is 0 Å². The van der Waals surface area contributed by atoms with Gasteiger partial charge in [0, 0.05) is 13.1 Å². The van der Waals surface area contributed by atoms with Gasteiger partial charge in [-0.15, -0.1) is 12.4 Å². The van der Waals surface area contributed by atoms with E-state index in [4.69, 9.17) is 0 Å². The van der Waals surface area contributed by atoms with E-state index in [0.29, 0.717) is 0 Å². The van der Waals surface area contributed by atoms with Gasteiger partial charge < -0.3 is 5.32 Å². The highest BCUT2D eigenvalue weighted by Gasteiger charge is 1.41. The Morgan fingerprint density at radius 3 is 2.17 bits per heavy atom. The van der Waals surface area contributed by atoms with Crippen LogP contribution in [0.15, 0.2) is 0 Å². The van der Waals surface area contributed by atoms with E-state index in [-0.39, 0.29) is 12.4 Å². The lowest BCUT2D eigenvalue weighted by atomic mass is 11.1. The van der Waals surface area contributed by atoms with E-state index >= 15 is 0 Å². The van der Waals surface area contributed by atoms with Crippen molar-refractivity contribution < 1.29 is 0 Å². The van der Waals surface area contributed by atoms with E-state index in [2.05, 4.69) is 29.2 Å². The molecule has 0 heterocycles. The predicted molar refractivity (Wildman–Crippen MR) is 33.1 cm³/mol. The molecule has 0 radical (unpaired) electrons. The quantitative estimate of drug-likeness (QED) is 0.271. The monoisotopic (exact) mass is 123 g/mol. The number of hydrogen-bond donors (Lipinski definition) is 2. The van der Waals surface area contributed by atoms with Gasteiger partial charge in [0.25, 0.3) is 0 Å². The smallest absolute Gasteiger partial charge is 0.0160 e. The minimum atomic E-state index is 0. The van der Waals surface area contributed by atoms with Crippen molar-refractivity contribution in [3.63, 3.8) is 0 Å². The SMILES string of the molecule is CNC#CS.Cl. The summed E-state index contributed by atoms with van der Waals surface area (Å²) in [6.07, 6.45) is 0. The van der Waals surface area contributed by atoms with Gasteiger partial charge in [-0.3, -0.25) is 0 Å². The molecule has 0 atom stereocenters. The first-order valence-electron chi connectivity index (χ1n) is 1.22. The average molecular weight is 124 g/mol. The summed E-state index contributed by atoms with van der Waals surface area (Å²) in [5.74, 6) is 0. The van der Waals surface area contributed by atoms with Gasteiger partial charge in [0.05, 0.1) is 0 Å². The van der Waals surface area contributed by atoms with Crippen LogP contribution in [0.1, 0.15) is 0 Å². The Kier molecular flexibility index (Phi) is 13.9. The maximum absolute atomic E-state index is 3.58. The van der Waals surface area contributed by atoms with E-state index in [1.165, 1.54) is 0 Å². The molecule has 0 saturated carbocycles. The van der Waals surface area contributed by atoms with Crippen molar-refractivity contribution in [3.8, 4) is 11.3 Å². The molecule has 36 valence electrons. The van der Waals surface area contributed by atoms with Crippen molar-refractivity contribution in [2.24, 2.45) is 0 Å². The Hall–Kier alpha value is -0.0000000000000000555. The lowest BCUT2D eigenvalue weighted by Crippen LogP contribution is -1.90. The fraction of sp³-hybridized carbons (Fsp3) is 0.333. The summed E-state index contributed by atoms with van der Waals surface area (Å²) in [5, 5.41) is 4.93. The van der Waals surface area contributed by atoms with E-state index in [1.54, 1.807) is 7.05 Å². The number of rotatable bonds is 0. The largest absolute Gasteiger partial charge is 0.348 e. The first-order chi connectivity index (χ1) is 2.41. The molecule has 0 rings (SSSR count). The molecule has 0 amide bonds. The number of halogens is 1. The number of hydrogen-bond acceptors (Lipinski definition) is 2. The van der Waals surface area contributed by atoms with E-state index < -0.39 is 0 Å². The molecule has 0 aliphatic carbocycles. The third kappa shape index (κ3) is 9.00. The number of nitrogens with one attached hydrogen (secondary N) is 1.